The zero-order valence-corrected chi connectivity index (χ0v) is 11.8. The maximum atomic E-state index is 11.6. The number of rotatable bonds is 7. The number of aryl methyl sites for hydroxylation is 1. The normalized spacial score (nSPS) is 13.9. The molecule has 0 spiro atoms. The minimum absolute atomic E-state index is 0.0640. The summed E-state index contributed by atoms with van der Waals surface area (Å²) in [5.41, 5.74) is 1.16. The van der Waals surface area contributed by atoms with E-state index >= 15 is 0 Å². The van der Waals surface area contributed by atoms with Crippen LogP contribution in [0.4, 0.5) is 5.69 Å². The Hall–Kier alpha value is -2.24. The highest BCUT2D eigenvalue weighted by molar-refractivity contribution is 5.99. The fourth-order valence-corrected chi connectivity index (χ4v) is 2.28. The van der Waals surface area contributed by atoms with Crippen LogP contribution in [0.25, 0.3) is 0 Å². The fraction of sp³-hybridized carbons (Fsp3) is 0.467. The van der Waals surface area contributed by atoms with Gasteiger partial charge in [0.05, 0.1) is 4.92 Å². The van der Waals surface area contributed by atoms with Crippen molar-refractivity contribution in [1.82, 2.24) is 4.90 Å². The molecule has 1 aliphatic rings. The topological polar surface area (TPSA) is 80.5 Å². The van der Waals surface area contributed by atoms with Crippen molar-refractivity contribution in [1.29, 1.82) is 0 Å². The van der Waals surface area contributed by atoms with Gasteiger partial charge in [-0.05, 0) is 24.8 Å². The van der Waals surface area contributed by atoms with Crippen LogP contribution in [-0.4, -0.2) is 28.2 Å². The number of carbonyl (C=O) groups excluding carboxylic acids is 2. The summed E-state index contributed by atoms with van der Waals surface area (Å²) in [5.74, 6) is -0.132. The third-order valence-corrected chi connectivity index (χ3v) is 3.65. The minimum atomic E-state index is -0.410. The molecule has 2 amide bonds. The molecular weight excluding hydrogens is 272 g/mol. The number of amides is 2. The molecule has 21 heavy (non-hydrogen) atoms. The van der Waals surface area contributed by atoms with Crippen LogP contribution in [0.1, 0.15) is 37.7 Å². The molecule has 1 aromatic rings. The van der Waals surface area contributed by atoms with Crippen molar-refractivity contribution in [3.8, 4) is 0 Å². The number of imide groups is 1. The van der Waals surface area contributed by atoms with Crippen molar-refractivity contribution in [2.24, 2.45) is 0 Å². The predicted molar refractivity (Wildman–Crippen MR) is 76.6 cm³/mol. The zero-order chi connectivity index (χ0) is 15.2. The Morgan fingerprint density at radius 1 is 1.19 bits per heavy atom. The summed E-state index contributed by atoms with van der Waals surface area (Å²) in [4.78, 5) is 34.1. The first-order valence-corrected chi connectivity index (χ1v) is 7.14. The molecule has 1 aliphatic heterocycles. The number of benzene rings is 1. The molecule has 0 radical (unpaired) electrons. The quantitative estimate of drug-likeness (QED) is 0.334. The molecule has 0 aliphatic carbocycles. The number of hydrogen-bond acceptors (Lipinski definition) is 4. The van der Waals surface area contributed by atoms with Crippen LogP contribution in [0.3, 0.4) is 0 Å². The summed E-state index contributed by atoms with van der Waals surface area (Å²) < 4.78 is 0. The Morgan fingerprint density at radius 3 is 2.43 bits per heavy atom. The van der Waals surface area contributed by atoms with Crippen LogP contribution in [-0.2, 0) is 16.0 Å². The summed E-state index contributed by atoms with van der Waals surface area (Å²) >= 11 is 0. The molecule has 0 aromatic heterocycles. The van der Waals surface area contributed by atoms with E-state index in [0.717, 1.165) is 31.2 Å². The van der Waals surface area contributed by atoms with Crippen molar-refractivity contribution in [3.63, 3.8) is 0 Å². The molecular formula is C15H18N2O4. The van der Waals surface area contributed by atoms with Crippen LogP contribution in [0.15, 0.2) is 24.3 Å². The summed E-state index contributed by atoms with van der Waals surface area (Å²) in [5, 5.41) is 10.5. The van der Waals surface area contributed by atoms with Gasteiger partial charge >= 0.3 is 0 Å². The summed E-state index contributed by atoms with van der Waals surface area (Å²) in [6.07, 6.45) is 4.37. The van der Waals surface area contributed by atoms with Crippen LogP contribution in [0, 0.1) is 10.1 Å². The summed E-state index contributed by atoms with van der Waals surface area (Å²) in [6.45, 7) is 0.570. The van der Waals surface area contributed by atoms with E-state index in [2.05, 4.69) is 0 Å². The Kier molecular flexibility index (Phi) is 5.03. The van der Waals surface area contributed by atoms with E-state index in [1.165, 1.54) is 17.0 Å². The Labute approximate surface area is 122 Å². The lowest BCUT2D eigenvalue weighted by Gasteiger charge is -2.28. The first kappa shape index (κ1) is 15.2. The van der Waals surface area contributed by atoms with E-state index in [1.807, 2.05) is 0 Å². The third kappa shape index (κ3) is 4.11. The lowest BCUT2D eigenvalue weighted by molar-refractivity contribution is -0.384. The number of nitrogens with zero attached hydrogens (tertiary/aromatic N) is 2. The van der Waals surface area contributed by atoms with E-state index in [-0.39, 0.29) is 17.5 Å². The smallest absolute Gasteiger partial charge is 0.269 e. The van der Waals surface area contributed by atoms with Gasteiger partial charge in [0.15, 0.2) is 0 Å². The van der Waals surface area contributed by atoms with E-state index in [4.69, 9.17) is 0 Å². The van der Waals surface area contributed by atoms with Gasteiger partial charge in [0.2, 0.25) is 11.8 Å². The molecule has 2 rings (SSSR count). The predicted octanol–water partition coefficient (Wildman–Crippen LogP) is 2.46. The first-order valence-electron chi connectivity index (χ1n) is 7.14. The molecule has 0 atom stereocenters. The number of nitro groups is 1. The van der Waals surface area contributed by atoms with Gasteiger partial charge in [0.25, 0.3) is 5.69 Å². The SMILES string of the molecule is O=C(CCCCCc1ccc([N+](=O)[O-])cc1)N1CCC1=O. The summed E-state index contributed by atoms with van der Waals surface area (Å²) in [6, 6.07) is 6.55. The molecule has 0 bridgehead atoms. The Balaban J connectivity index is 1.62. The molecule has 0 unspecified atom stereocenters. The third-order valence-electron chi connectivity index (χ3n) is 3.65. The maximum Gasteiger partial charge on any atom is 0.269 e. The number of likely N-dealkylation sites (tertiary alicyclic amines) is 1. The van der Waals surface area contributed by atoms with Crippen molar-refractivity contribution >= 4 is 17.5 Å². The van der Waals surface area contributed by atoms with Crippen molar-refractivity contribution in [3.05, 3.63) is 39.9 Å². The van der Waals surface area contributed by atoms with Crippen LogP contribution >= 0.6 is 0 Å². The van der Waals surface area contributed by atoms with Gasteiger partial charge in [-0.15, -0.1) is 0 Å². The molecule has 1 heterocycles. The Bertz CT molecular complexity index is 539. The largest absolute Gasteiger partial charge is 0.282 e. The van der Waals surface area contributed by atoms with Crippen molar-refractivity contribution < 1.29 is 14.5 Å². The molecule has 6 nitrogen and oxygen atoms in total. The highest BCUT2D eigenvalue weighted by Crippen LogP contribution is 2.15. The van der Waals surface area contributed by atoms with Gasteiger partial charge < -0.3 is 0 Å². The van der Waals surface area contributed by atoms with E-state index in [9.17, 15) is 19.7 Å². The first-order chi connectivity index (χ1) is 10.1. The van der Waals surface area contributed by atoms with Crippen LogP contribution in [0.5, 0.6) is 0 Å². The average Bonchev–Trinajstić information content (AvgIpc) is 2.45. The highest BCUT2D eigenvalue weighted by Gasteiger charge is 2.28. The number of non-ortho nitro benzene ring substituents is 1. The second-order valence-corrected chi connectivity index (χ2v) is 5.17. The lowest BCUT2D eigenvalue weighted by Crippen LogP contribution is -2.47. The fourth-order valence-electron chi connectivity index (χ4n) is 2.28. The van der Waals surface area contributed by atoms with Crippen LogP contribution < -0.4 is 0 Å². The van der Waals surface area contributed by atoms with Crippen molar-refractivity contribution in [2.75, 3.05) is 6.54 Å². The van der Waals surface area contributed by atoms with Gasteiger partial charge in [-0.1, -0.05) is 18.6 Å². The van der Waals surface area contributed by atoms with Gasteiger partial charge in [-0.25, -0.2) is 0 Å². The van der Waals surface area contributed by atoms with Gasteiger partial charge in [-0.2, -0.15) is 0 Å². The van der Waals surface area contributed by atoms with E-state index in [1.54, 1.807) is 12.1 Å². The summed E-state index contributed by atoms with van der Waals surface area (Å²) in [7, 11) is 0. The minimum Gasteiger partial charge on any atom is -0.282 e. The molecule has 1 saturated heterocycles. The lowest BCUT2D eigenvalue weighted by atomic mass is 10.0. The number of β-lactam (4-membered cyclic amide) rings is 1. The average molecular weight is 290 g/mol. The zero-order valence-electron chi connectivity index (χ0n) is 11.8. The van der Waals surface area contributed by atoms with Crippen LogP contribution in [0.2, 0.25) is 0 Å². The molecule has 0 N–H and O–H groups in total. The Morgan fingerprint density at radius 2 is 1.90 bits per heavy atom. The second-order valence-electron chi connectivity index (χ2n) is 5.17. The van der Waals surface area contributed by atoms with Crippen molar-refractivity contribution in [2.45, 2.75) is 38.5 Å². The molecule has 1 fully saturated rings. The van der Waals surface area contributed by atoms with E-state index < -0.39 is 4.92 Å². The van der Waals surface area contributed by atoms with Gasteiger partial charge in [-0.3, -0.25) is 24.6 Å². The molecule has 0 saturated carbocycles. The second kappa shape index (κ2) is 6.97. The van der Waals surface area contributed by atoms with E-state index in [0.29, 0.717) is 19.4 Å². The van der Waals surface area contributed by atoms with Gasteiger partial charge in [0.1, 0.15) is 0 Å². The van der Waals surface area contributed by atoms with Gasteiger partial charge in [0, 0.05) is 31.5 Å². The number of unbranched alkanes of at least 4 members (excludes halogenated alkanes) is 2. The standard InChI is InChI=1S/C15H18N2O4/c18-14(16-11-10-15(16)19)5-3-1-2-4-12-6-8-13(9-7-12)17(20)21/h6-9H,1-5,10-11H2. The molecule has 1 aromatic carbocycles. The number of nitro benzene ring substituents is 1. The highest BCUT2D eigenvalue weighted by atomic mass is 16.6. The maximum absolute atomic E-state index is 11.6. The monoisotopic (exact) mass is 290 g/mol. The molecule has 6 heteroatoms. The number of hydrogen-bond donors (Lipinski definition) is 0. The number of carbonyl (C=O) groups is 2. The molecule has 112 valence electrons.